The zero-order valence-electron chi connectivity index (χ0n) is 10.8. The summed E-state index contributed by atoms with van der Waals surface area (Å²) in [5.41, 5.74) is -0.384. The first-order chi connectivity index (χ1) is 9.54. The number of benzene rings is 1. The molecule has 5 nitrogen and oxygen atoms in total. The van der Waals surface area contributed by atoms with E-state index in [1.54, 1.807) is 0 Å². The van der Waals surface area contributed by atoms with Gasteiger partial charge in [0.2, 0.25) is 0 Å². The minimum atomic E-state index is -1.06. The summed E-state index contributed by atoms with van der Waals surface area (Å²) < 4.78 is 26.1. The maximum atomic E-state index is 13.2. The lowest BCUT2D eigenvalue weighted by atomic mass is 10.2. The number of hydrogen-bond acceptors (Lipinski definition) is 3. The molecule has 1 aromatic carbocycles. The van der Waals surface area contributed by atoms with Gasteiger partial charge in [0.05, 0.1) is 5.69 Å². The van der Waals surface area contributed by atoms with Gasteiger partial charge in [-0.3, -0.25) is 9.59 Å². The molecular weight excluding hydrogens is 270 g/mol. The van der Waals surface area contributed by atoms with Crippen LogP contribution in [0.2, 0.25) is 0 Å². The molecule has 1 rings (SSSR count). The minimum absolute atomic E-state index is 0.0767. The average molecular weight is 286 g/mol. The average Bonchev–Trinajstić information content (AvgIpc) is 2.42. The van der Waals surface area contributed by atoms with Crippen LogP contribution in [-0.2, 0) is 9.59 Å². The second kappa shape index (κ2) is 8.21. The predicted octanol–water partition coefficient (Wildman–Crippen LogP) is 1.18. The molecule has 0 aliphatic carbocycles. The van der Waals surface area contributed by atoms with Gasteiger partial charge in [0, 0.05) is 19.2 Å². The maximum Gasteiger partial charge on any atom is 0.313 e. The third kappa shape index (κ3) is 5.31. The monoisotopic (exact) mass is 286 g/mol. The van der Waals surface area contributed by atoms with Crippen LogP contribution in [0.5, 0.6) is 0 Å². The molecule has 0 unspecified atom stereocenters. The van der Waals surface area contributed by atoms with Crippen molar-refractivity contribution < 1.29 is 23.5 Å². The van der Waals surface area contributed by atoms with Crippen molar-refractivity contribution in [1.29, 1.82) is 0 Å². The number of aliphatic hydroxyl groups excluding tert-OH is 1. The fraction of sp³-hybridized carbons (Fsp3) is 0.385. The van der Waals surface area contributed by atoms with Crippen LogP contribution in [0.25, 0.3) is 0 Å². The maximum absolute atomic E-state index is 13.2. The molecule has 7 heteroatoms. The Morgan fingerprint density at radius 2 is 1.85 bits per heavy atom. The number of amides is 2. The highest BCUT2D eigenvalue weighted by molar-refractivity contribution is 6.39. The van der Waals surface area contributed by atoms with Gasteiger partial charge >= 0.3 is 11.8 Å². The van der Waals surface area contributed by atoms with E-state index in [1.165, 1.54) is 0 Å². The Bertz CT molecular complexity index is 481. The van der Waals surface area contributed by atoms with Crippen molar-refractivity contribution in [3.8, 4) is 0 Å². The second-order valence-corrected chi connectivity index (χ2v) is 4.12. The fourth-order valence-corrected chi connectivity index (χ4v) is 1.47. The van der Waals surface area contributed by atoms with Crippen LogP contribution in [0, 0.1) is 11.6 Å². The lowest BCUT2D eigenvalue weighted by Gasteiger charge is -2.07. The van der Waals surface area contributed by atoms with Crippen LogP contribution >= 0.6 is 0 Å². The van der Waals surface area contributed by atoms with Crippen LogP contribution in [0.1, 0.15) is 19.3 Å². The number of carbonyl (C=O) groups excluding carboxylic acids is 2. The molecule has 0 fully saturated rings. The second-order valence-electron chi connectivity index (χ2n) is 4.12. The van der Waals surface area contributed by atoms with Crippen molar-refractivity contribution in [1.82, 2.24) is 5.32 Å². The highest BCUT2D eigenvalue weighted by atomic mass is 19.1. The standard InChI is InChI=1S/C13H16F2N2O3/c14-9-4-5-10(15)11(8-9)17-13(20)12(19)16-6-2-1-3-7-18/h4-5,8,18H,1-3,6-7H2,(H,16,19)(H,17,20). The lowest BCUT2D eigenvalue weighted by molar-refractivity contribution is -0.136. The third-order valence-corrected chi connectivity index (χ3v) is 2.50. The Labute approximate surface area is 115 Å². The Morgan fingerprint density at radius 1 is 1.10 bits per heavy atom. The topological polar surface area (TPSA) is 78.4 Å². The molecule has 3 N–H and O–H groups in total. The molecule has 0 radical (unpaired) electrons. The first-order valence-corrected chi connectivity index (χ1v) is 6.19. The van der Waals surface area contributed by atoms with Crippen LogP contribution in [0.3, 0.4) is 0 Å². The highest BCUT2D eigenvalue weighted by Gasteiger charge is 2.15. The van der Waals surface area contributed by atoms with Crippen LogP contribution < -0.4 is 10.6 Å². The van der Waals surface area contributed by atoms with Crippen LogP contribution in [0.4, 0.5) is 14.5 Å². The number of unbranched alkanes of at least 4 members (excludes halogenated alkanes) is 2. The number of halogens is 2. The molecule has 0 aliphatic heterocycles. The molecular formula is C13H16F2N2O3. The summed E-state index contributed by atoms with van der Waals surface area (Å²) in [6.45, 7) is 0.352. The lowest BCUT2D eigenvalue weighted by Crippen LogP contribution is -2.36. The normalized spacial score (nSPS) is 10.2. The molecule has 2 amide bonds. The van der Waals surface area contributed by atoms with Gasteiger partial charge in [0.25, 0.3) is 0 Å². The molecule has 0 bridgehead atoms. The van der Waals surface area contributed by atoms with Gasteiger partial charge in [0.1, 0.15) is 11.6 Å². The number of aliphatic hydroxyl groups is 1. The number of anilines is 1. The molecule has 0 heterocycles. The van der Waals surface area contributed by atoms with E-state index in [0.717, 1.165) is 24.6 Å². The molecule has 0 saturated carbocycles. The molecule has 1 aromatic rings. The Hall–Kier alpha value is -2.02. The third-order valence-electron chi connectivity index (χ3n) is 2.50. The summed E-state index contributed by atoms with van der Waals surface area (Å²) in [6.07, 6.45) is 1.96. The summed E-state index contributed by atoms with van der Waals surface area (Å²) in [4.78, 5) is 22.8. The summed E-state index contributed by atoms with van der Waals surface area (Å²) in [7, 11) is 0. The van der Waals surface area contributed by atoms with Crippen molar-refractivity contribution >= 4 is 17.5 Å². The largest absolute Gasteiger partial charge is 0.396 e. The minimum Gasteiger partial charge on any atom is -0.396 e. The van der Waals surface area contributed by atoms with Crippen molar-refractivity contribution in [2.24, 2.45) is 0 Å². The van der Waals surface area contributed by atoms with Crippen molar-refractivity contribution in [2.45, 2.75) is 19.3 Å². The Balaban J connectivity index is 2.41. The molecule has 0 aliphatic rings. The SMILES string of the molecule is O=C(NCCCCCO)C(=O)Nc1cc(F)ccc1F. The summed E-state index contributed by atoms with van der Waals surface area (Å²) >= 11 is 0. The number of nitrogens with one attached hydrogen (secondary N) is 2. The van der Waals surface area contributed by atoms with Gasteiger partial charge in [-0.2, -0.15) is 0 Å². The van der Waals surface area contributed by atoms with Gasteiger partial charge in [-0.1, -0.05) is 0 Å². The highest BCUT2D eigenvalue weighted by Crippen LogP contribution is 2.14. The summed E-state index contributed by atoms with van der Waals surface area (Å²) in [6, 6.07) is 2.56. The van der Waals surface area contributed by atoms with Crippen molar-refractivity contribution in [2.75, 3.05) is 18.5 Å². The van der Waals surface area contributed by atoms with E-state index < -0.39 is 23.4 Å². The zero-order chi connectivity index (χ0) is 15.0. The molecule has 0 spiro atoms. The number of carbonyl (C=O) groups is 2. The van der Waals surface area contributed by atoms with E-state index in [-0.39, 0.29) is 18.8 Å². The van der Waals surface area contributed by atoms with Gasteiger partial charge in [-0.05, 0) is 31.4 Å². The molecule has 110 valence electrons. The van der Waals surface area contributed by atoms with E-state index in [2.05, 4.69) is 5.32 Å². The van der Waals surface area contributed by atoms with Gasteiger partial charge in [-0.25, -0.2) is 8.78 Å². The van der Waals surface area contributed by atoms with Crippen molar-refractivity contribution in [3.63, 3.8) is 0 Å². The first-order valence-electron chi connectivity index (χ1n) is 6.19. The van der Waals surface area contributed by atoms with E-state index >= 15 is 0 Å². The predicted molar refractivity (Wildman–Crippen MR) is 68.9 cm³/mol. The molecule has 20 heavy (non-hydrogen) atoms. The Kier molecular flexibility index (Phi) is 6.58. The first kappa shape index (κ1) is 16.0. The molecule has 0 atom stereocenters. The summed E-state index contributed by atoms with van der Waals surface area (Å²) in [5, 5.41) is 12.9. The quantitative estimate of drug-likeness (QED) is 0.543. The van der Waals surface area contributed by atoms with Crippen LogP contribution in [0.15, 0.2) is 18.2 Å². The zero-order valence-corrected chi connectivity index (χ0v) is 10.8. The van der Waals surface area contributed by atoms with E-state index in [9.17, 15) is 18.4 Å². The van der Waals surface area contributed by atoms with Gasteiger partial charge < -0.3 is 15.7 Å². The van der Waals surface area contributed by atoms with Gasteiger partial charge in [0.15, 0.2) is 0 Å². The summed E-state index contributed by atoms with van der Waals surface area (Å²) in [5.74, 6) is -3.52. The Morgan fingerprint density at radius 3 is 2.55 bits per heavy atom. The van der Waals surface area contributed by atoms with Crippen LogP contribution in [-0.4, -0.2) is 30.1 Å². The van der Waals surface area contributed by atoms with E-state index in [0.29, 0.717) is 12.8 Å². The number of rotatable bonds is 6. The smallest absolute Gasteiger partial charge is 0.313 e. The van der Waals surface area contributed by atoms with Gasteiger partial charge in [-0.15, -0.1) is 0 Å². The van der Waals surface area contributed by atoms with Crippen molar-refractivity contribution in [3.05, 3.63) is 29.8 Å². The fourth-order valence-electron chi connectivity index (χ4n) is 1.47. The number of hydrogen-bond donors (Lipinski definition) is 3. The van der Waals surface area contributed by atoms with E-state index in [4.69, 9.17) is 5.11 Å². The van der Waals surface area contributed by atoms with E-state index in [1.807, 2.05) is 5.32 Å². The molecule has 0 aromatic heterocycles. The molecule has 0 saturated heterocycles.